The number of anilines is 1. The van der Waals surface area contributed by atoms with Crippen LogP contribution in [0.4, 0.5) is 5.13 Å². The zero-order chi connectivity index (χ0) is 16.5. The SMILES string of the molecule is CC1CCc2nc(NC(=O)Cc3cccc4ccccc34)sc2C1. The minimum atomic E-state index is 0.00509. The minimum Gasteiger partial charge on any atom is -0.302 e. The van der Waals surface area contributed by atoms with Crippen LogP contribution in [-0.2, 0) is 24.1 Å². The first-order valence-electron chi connectivity index (χ1n) is 8.44. The highest BCUT2D eigenvalue weighted by Gasteiger charge is 2.20. The molecule has 0 bridgehead atoms. The fourth-order valence-electron chi connectivity index (χ4n) is 3.38. The maximum Gasteiger partial charge on any atom is 0.230 e. The molecule has 0 fully saturated rings. The number of benzene rings is 2. The summed E-state index contributed by atoms with van der Waals surface area (Å²) in [7, 11) is 0. The molecule has 3 aromatic rings. The second kappa shape index (κ2) is 6.36. The third-order valence-corrected chi connectivity index (χ3v) is 5.70. The summed E-state index contributed by atoms with van der Waals surface area (Å²) in [6.45, 7) is 2.28. The van der Waals surface area contributed by atoms with E-state index < -0.39 is 0 Å². The van der Waals surface area contributed by atoms with E-state index in [1.165, 1.54) is 22.4 Å². The van der Waals surface area contributed by atoms with Gasteiger partial charge in [-0.25, -0.2) is 4.98 Å². The van der Waals surface area contributed by atoms with Crippen molar-refractivity contribution in [2.75, 3.05) is 5.32 Å². The van der Waals surface area contributed by atoms with Gasteiger partial charge in [0.25, 0.3) is 0 Å². The zero-order valence-corrected chi connectivity index (χ0v) is 14.5. The number of amides is 1. The smallest absolute Gasteiger partial charge is 0.230 e. The van der Waals surface area contributed by atoms with Crippen molar-refractivity contribution >= 4 is 33.1 Å². The van der Waals surface area contributed by atoms with Crippen molar-refractivity contribution in [2.45, 2.75) is 32.6 Å². The number of rotatable bonds is 3. The van der Waals surface area contributed by atoms with Gasteiger partial charge < -0.3 is 5.32 Å². The number of nitrogens with one attached hydrogen (secondary N) is 1. The predicted octanol–water partition coefficient (Wildman–Crippen LogP) is 4.60. The fourth-order valence-corrected chi connectivity index (χ4v) is 4.56. The number of thiazole rings is 1. The molecule has 1 amide bonds. The van der Waals surface area contributed by atoms with E-state index in [1.54, 1.807) is 11.3 Å². The zero-order valence-electron chi connectivity index (χ0n) is 13.7. The van der Waals surface area contributed by atoms with Gasteiger partial charge in [-0.15, -0.1) is 11.3 Å². The number of carbonyl (C=O) groups is 1. The summed E-state index contributed by atoms with van der Waals surface area (Å²) < 4.78 is 0. The second-order valence-corrected chi connectivity index (χ2v) is 7.68. The van der Waals surface area contributed by atoms with Gasteiger partial charge in [-0.05, 0) is 41.5 Å². The van der Waals surface area contributed by atoms with Gasteiger partial charge in [0.05, 0.1) is 12.1 Å². The summed E-state index contributed by atoms with van der Waals surface area (Å²) in [5, 5.41) is 6.05. The van der Waals surface area contributed by atoms with Gasteiger partial charge in [0, 0.05) is 4.88 Å². The largest absolute Gasteiger partial charge is 0.302 e. The van der Waals surface area contributed by atoms with Crippen molar-refractivity contribution in [2.24, 2.45) is 5.92 Å². The van der Waals surface area contributed by atoms with Gasteiger partial charge in [-0.3, -0.25) is 4.79 Å². The Morgan fingerprint density at radius 2 is 2.08 bits per heavy atom. The van der Waals surface area contributed by atoms with Crippen molar-refractivity contribution in [3.63, 3.8) is 0 Å². The van der Waals surface area contributed by atoms with Crippen LogP contribution in [0.15, 0.2) is 42.5 Å². The van der Waals surface area contributed by atoms with Crippen molar-refractivity contribution in [1.82, 2.24) is 4.98 Å². The predicted molar refractivity (Wildman–Crippen MR) is 99.6 cm³/mol. The first kappa shape index (κ1) is 15.3. The summed E-state index contributed by atoms with van der Waals surface area (Å²) >= 11 is 1.64. The molecule has 1 aliphatic carbocycles. The number of fused-ring (bicyclic) bond motifs is 2. The van der Waals surface area contributed by atoms with E-state index >= 15 is 0 Å². The maximum atomic E-state index is 12.5. The lowest BCUT2D eigenvalue weighted by Crippen LogP contribution is -2.14. The summed E-state index contributed by atoms with van der Waals surface area (Å²) in [6, 6.07) is 14.3. The van der Waals surface area contributed by atoms with E-state index in [0.29, 0.717) is 6.42 Å². The highest BCUT2D eigenvalue weighted by atomic mass is 32.1. The Balaban J connectivity index is 1.51. The van der Waals surface area contributed by atoms with Crippen LogP contribution in [0.5, 0.6) is 0 Å². The van der Waals surface area contributed by atoms with Crippen molar-refractivity contribution < 1.29 is 4.79 Å². The Morgan fingerprint density at radius 3 is 3.00 bits per heavy atom. The molecule has 0 aliphatic heterocycles. The lowest BCUT2D eigenvalue weighted by Gasteiger charge is -2.15. The van der Waals surface area contributed by atoms with Gasteiger partial charge in [0.15, 0.2) is 5.13 Å². The molecule has 122 valence electrons. The van der Waals surface area contributed by atoms with Crippen LogP contribution in [0.25, 0.3) is 10.8 Å². The third-order valence-electron chi connectivity index (χ3n) is 4.66. The Labute approximate surface area is 145 Å². The lowest BCUT2D eigenvalue weighted by atomic mass is 9.93. The molecule has 0 spiro atoms. The molecule has 2 aromatic carbocycles. The molecule has 4 heteroatoms. The molecule has 1 aromatic heterocycles. The van der Waals surface area contributed by atoms with E-state index in [4.69, 9.17) is 0 Å². The van der Waals surface area contributed by atoms with Gasteiger partial charge in [-0.1, -0.05) is 49.4 Å². The summed E-state index contributed by atoms with van der Waals surface area (Å²) in [5.74, 6) is 0.725. The van der Waals surface area contributed by atoms with Crippen LogP contribution >= 0.6 is 11.3 Å². The van der Waals surface area contributed by atoms with E-state index in [0.717, 1.165) is 34.8 Å². The maximum absolute atomic E-state index is 12.5. The first-order chi connectivity index (χ1) is 11.7. The fraction of sp³-hybridized carbons (Fsp3) is 0.300. The van der Waals surface area contributed by atoms with Gasteiger partial charge in [-0.2, -0.15) is 0 Å². The van der Waals surface area contributed by atoms with E-state index in [-0.39, 0.29) is 5.91 Å². The highest BCUT2D eigenvalue weighted by Crippen LogP contribution is 2.32. The lowest BCUT2D eigenvalue weighted by molar-refractivity contribution is -0.115. The standard InChI is InChI=1S/C20H20N2OS/c1-13-9-10-17-18(11-13)24-20(21-17)22-19(23)12-15-7-4-6-14-5-2-3-8-16(14)15/h2-8,13H,9-12H2,1H3,(H,21,22,23). The molecule has 4 rings (SSSR count). The number of hydrogen-bond acceptors (Lipinski definition) is 3. The van der Waals surface area contributed by atoms with Crippen LogP contribution < -0.4 is 5.32 Å². The summed E-state index contributed by atoms with van der Waals surface area (Å²) in [6.07, 6.45) is 3.69. The average molecular weight is 336 g/mol. The Hall–Kier alpha value is -2.20. The van der Waals surface area contributed by atoms with Crippen LogP contribution in [0.2, 0.25) is 0 Å². The Morgan fingerprint density at radius 1 is 1.25 bits per heavy atom. The van der Waals surface area contributed by atoms with Crippen molar-refractivity contribution in [3.8, 4) is 0 Å². The Bertz CT molecular complexity index is 894. The van der Waals surface area contributed by atoms with Gasteiger partial charge >= 0.3 is 0 Å². The number of hydrogen-bond donors (Lipinski definition) is 1. The molecule has 1 N–H and O–H groups in total. The van der Waals surface area contributed by atoms with Crippen molar-refractivity contribution in [1.29, 1.82) is 0 Å². The Kier molecular flexibility index (Phi) is 4.07. The number of carbonyl (C=O) groups excluding carboxylic acids is 1. The van der Waals surface area contributed by atoms with Gasteiger partial charge in [0.1, 0.15) is 0 Å². The van der Waals surface area contributed by atoms with E-state index in [1.807, 2.05) is 24.3 Å². The summed E-state index contributed by atoms with van der Waals surface area (Å²) in [5.41, 5.74) is 2.24. The van der Waals surface area contributed by atoms with E-state index in [9.17, 15) is 4.79 Å². The molecule has 0 saturated heterocycles. The third kappa shape index (κ3) is 3.06. The molecule has 1 aliphatic rings. The number of aromatic nitrogens is 1. The molecule has 1 heterocycles. The van der Waals surface area contributed by atoms with Crippen LogP contribution in [0.1, 0.15) is 29.5 Å². The highest BCUT2D eigenvalue weighted by molar-refractivity contribution is 7.15. The number of nitrogens with zero attached hydrogens (tertiary/aromatic N) is 1. The molecule has 1 unspecified atom stereocenters. The number of aryl methyl sites for hydroxylation is 1. The van der Waals surface area contributed by atoms with Crippen LogP contribution in [-0.4, -0.2) is 10.9 Å². The minimum absolute atomic E-state index is 0.00509. The van der Waals surface area contributed by atoms with Gasteiger partial charge in [0.2, 0.25) is 5.91 Å². The second-order valence-electron chi connectivity index (χ2n) is 6.60. The monoisotopic (exact) mass is 336 g/mol. The molecule has 0 saturated carbocycles. The normalized spacial score (nSPS) is 16.8. The molecule has 0 radical (unpaired) electrons. The summed E-state index contributed by atoms with van der Waals surface area (Å²) in [4.78, 5) is 18.4. The first-order valence-corrected chi connectivity index (χ1v) is 9.26. The topological polar surface area (TPSA) is 42.0 Å². The average Bonchev–Trinajstić information content (AvgIpc) is 2.96. The molecule has 3 nitrogen and oxygen atoms in total. The van der Waals surface area contributed by atoms with Crippen LogP contribution in [0.3, 0.4) is 0 Å². The van der Waals surface area contributed by atoms with Crippen LogP contribution in [0, 0.1) is 5.92 Å². The van der Waals surface area contributed by atoms with E-state index in [2.05, 4.69) is 35.4 Å². The van der Waals surface area contributed by atoms with Crippen molar-refractivity contribution in [3.05, 3.63) is 58.6 Å². The molecular formula is C20H20N2OS. The molecular weight excluding hydrogens is 316 g/mol. The molecule has 24 heavy (non-hydrogen) atoms. The molecule has 1 atom stereocenters. The quantitative estimate of drug-likeness (QED) is 0.759.